The third kappa shape index (κ3) is 9.02. The zero-order valence-corrected chi connectivity index (χ0v) is 32.3. The molecular weight excluding hydrogens is 702 g/mol. The number of halogens is 1. The van der Waals surface area contributed by atoms with Crippen LogP contribution >= 0.6 is 23.4 Å². The van der Waals surface area contributed by atoms with Crippen LogP contribution in [0.25, 0.3) is 0 Å². The summed E-state index contributed by atoms with van der Waals surface area (Å²) in [6.45, 7) is 7.02. The minimum atomic E-state index is -1.82. The number of benzene rings is 1. The molecule has 0 aromatic heterocycles. The first-order valence-corrected chi connectivity index (χ1v) is 18.6. The van der Waals surface area contributed by atoms with E-state index in [1.165, 1.54) is 42.8 Å². The molecule has 0 radical (unpaired) electrons. The van der Waals surface area contributed by atoms with Crippen LogP contribution in [0.1, 0.15) is 52.5 Å². The second kappa shape index (κ2) is 16.6. The van der Waals surface area contributed by atoms with E-state index in [1.807, 2.05) is 19.3 Å². The number of hydrogen-bond donors (Lipinski definition) is 2. The van der Waals surface area contributed by atoms with Crippen LogP contribution in [0.5, 0.6) is 5.75 Å². The maximum Gasteiger partial charge on any atom is 0.409 e. The van der Waals surface area contributed by atoms with Gasteiger partial charge in [0.2, 0.25) is 11.8 Å². The summed E-state index contributed by atoms with van der Waals surface area (Å²) in [7, 11) is 6.04. The quantitative estimate of drug-likeness (QED) is 0.289. The molecule has 1 aromatic carbocycles. The van der Waals surface area contributed by atoms with E-state index in [1.54, 1.807) is 52.1 Å². The van der Waals surface area contributed by atoms with Crippen molar-refractivity contribution < 1.29 is 48.0 Å². The van der Waals surface area contributed by atoms with E-state index in [-0.39, 0.29) is 30.2 Å². The first-order chi connectivity index (χ1) is 24.0. The molecule has 2 saturated heterocycles. The van der Waals surface area contributed by atoms with Crippen molar-refractivity contribution in [3.63, 3.8) is 0 Å². The lowest BCUT2D eigenvalue weighted by Crippen LogP contribution is -2.63. The van der Waals surface area contributed by atoms with Gasteiger partial charge in [-0.1, -0.05) is 42.3 Å². The number of nitrogens with zero attached hydrogens (tertiary/aromatic N) is 2. The van der Waals surface area contributed by atoms with E-state index in [0.717, 1.165) is 11.1 Å². The van der Waals surface area contributed by atoms with Gasteiger partial charge in [0, 0.05) is 45.7 Å². The van der Waals surface area contributed by atoms with Crippen molar-refractivity contribution in [1.29, 1.82) is 0 Å². The topological polar surface area (TPSA) is 156 Å². The molecule has 3 heterocycles. The molecule has 0 aliphatic carbocycles. The number of nitrogens with one attached hydrogen (secondary N) is 1. The molecule has 2 fully saturated rings. The Balaban J connectivity index is 1.76. The van der Waals surface area contributed by atoms with Crippen LogP contribution in [0.2, 0.25) is 5.02 Å². The van der Waals surface area contributed by atoms with Gasteiger partial charge in [-0.25, -0.2) is 9.59 Å². The third-order valence-corrected chi connectivity index (χ3v) is 11.0. The lowest BCUT2D eigenvalue weighted by molar-refractivity contribution is -0.161. The monoisotopic (exact) mass is 751 g/mol. The molecule has 1 aromatic rings. The average molecular weight is 752 g/mol. The molecule has 282 valence electrons. The fourth-order valence-electron chi connectivity index (χ4n) is 6.58. The summed E-state index contributed by atoms with van der Waals surface area (Å²) in [5.74, 6) is -0.896. The van der Waals surface area contributed by atoms with E-state index in [2.05, 4.69) is 5.32 Å². The highest BCUT2D eigenvalue weighted by Crippen LogP contribution is 2.49. The summed E-state index contributed by atoms with van der Waals surface area (Å²) in [4.78, 5) is 56.0. The van der Waals surface area contributed by atoms with E-state index in [0.29, 0.717) is 23.6 Å². The molecular formula is C36H50ClN3O10S. The third-order valence-electron chi connectivity index (χ3n) is 10.0. The summed E-state index contributed by atoms with van der Waals surface area (Å²) in [5, 5.41) is 14.4. The van der Waals surface area contributed by atoms with E-state index >= 15 is 0 Å². The highest BCUT2D eigenvalue weighted by Gasteiger charge is 2.64. The molecule has 13 nitrogen and oxygen atoms in total. The SMILES string of the molecule is COc1cc2cc(c1Cl)N(C)C(=O)C[C@H](OC(=O)[C@H](C)N(C)C(=O)CCSC)[C@]1(C)O[C@H]1[C@H](C)[C@@H]1C[C@@](O)(NC(=O)O1)[C@H](OC)C=CC=C(C)C2. The Hall–Kier alpha value is -3.30. The average Bonchev–Trinajstić information content (AvgIpc) is 3.79. The minimum absolute atomic E-state index is 0.0440. The molecule has 3 amide bonds. The van der Waals surface area contributed by atoms with Crippen molar-refractivity contribution in [3.05, 3.63) is 46.5 Å². The van der Waals surface area contributed by atoms with Gasteiger partial charge >= 0.3 is 12.1 Å². The largest absolute Gasteiger partial charge is 0.495 e. The van der Waals surface area contributed by atoms with Gasteiger partial charge in [0.1, 0.15) is 40.7 Å². The standard InChI is InChI=1S/C36H50ClN3O10S/c1-20-11-10-12-27(47-8)36(45)19-26(48-34(44)38-36)21(2)32-35(4,50-32)28(49-33(43)22(3)39(5)29(41)13-14-51-9)18-30(42)40(6)24-16-23(15-20)17-25(46-7)31(24)37/h10-12,16-17,21-22,26-28,32,45H,13-15,18-19H2,1-9H3,(H,38,44)/t21-,22+,26+,27-,28+,32+,35+,36+/m1/s1. The van der Waals surface area contributed by atoms with Crippen molar-refractivity contribution >= 4 is 52.9 Å². The van der Waals surface area contributed by atoms with Crippen LogP contribution in [0.4, 0.5) is 10.5 Å². The van der Waals surface area contributed by atoms with Crippen molar-refractivity contribution in [2.45, 2.75) is 95.2 Å². The number of likely N-dealkylation sites (N-methyl/N-ethyl adjacent to an activating group) is 1. The number of hydrogen-bond acceptors (Lipinski definition) is 11. The Labute approximate surface area is 308 Å². The number of epoxide rings is 1. The second-order valence-corrected chi connectivity index (χ2v) is 15.0. The van der Waals surface area contributed by atoms with Gasteiger partial charge in [-0.3, -0.25) is 14.9 Å². The van der Waals surface area contributed by atoms with E-state index in [9.17, 15) is 24.3 Å². The summed E-state index contributed by atoms with van der Waals surface area (Å²) < 4.78 is 29.1. The summed E-state index contributed by atoms with van der Waals surface area (Å²) in [6, 6.07) is 2.64. The molecule has 0 saturated carbocycles. The maximum atomic E-state index is 14.1. The maximum absolute atomic E-state index is 14.1. The fraction of sp³-hybridized carbons (Fsp3) is 0.611. The number of amides is 3. The zero-order valence-electron chi connectivity index (χ0n) is 30.7. The van der Waals surface area contributed by atoms with Crippen LogP contribution in [0.15, 0.2) is 35.9 Å². The smallest absolute Gasteiger partial charge is 0.409 e. The second-order valence-electron chi connectivity index (χ2n) is 13.6. The van der Waals surface area contributed by atoms with Crippen LogP contribution < -0.4 is 15.0 Å². The van der Waals surface area contributed by atoms with Gasteiger partial charge < -0.3 is 38.6 Å². The molecule has 3 aliphatic rings. The van der Waals surface area contributed by atoms with E-state index < -0.39 is 65.7 Å². The first-order valence-electron chi connectivity index (χ1n) is 16.8. The Bertz CT molecular complexity index is 1560. The molecule has 2 N–H and O–H groups in total. The Morgan fingerprint density at radius 1 is 1.27 bits per heavy atom. The number of carbonyl (C=O) groups is 4. The number of alkyl carbamates (subject to hydrolysis) is 1. The van der Waals surface area contributed by atoms with Crippen molar-refractivity contribution in [2.24, 2.45) is 5.92 Å². The number of rotatable bonds is 8. The minimum Gasteiger partial charge on any atom is -0.495 e. The summed E-state index contributed by atoms with van der Waals surface area (Å²) in [6.07, 6.45) is 3.16. The number of anilines is 1. The van der Waals surface area contributed by atoms with Crippen LogP contribution in [0, 0.1) is 5.92 Å². The Kier molecular flexibility index (Phi) is 13.2. The first kappa shape index (κ1) is 40.5. The molecule has 0 unspecified atom stereocenters. The number of carbonyl (C=O) groups excluding carboxylic acids is 4. The molecule has 4 rings (SSSR count). The van der Waals surface area contributed by atoms with Crippen LogP contribution in [0.3, 0.4) is 0 Å². The van der Waals surface area contributed by atoms with Gasteiger partial charge in [-0.15, -0.1) is 0 Å². The molecule has 4 bridgehead atoms. The number of methoxy groups -OCH3 is 2. The number of esters is 1. The molecule has 15 heteroatoms. The molecule has 0 spiro atoms. The Morgan fingerprint density at radius 3 is 2.63 bits per heavy atom. The lowest BCUT2D eigenvalue weighted by atomic mass is 9.83. The summed E-state index contributed by atoms with van der Waals surface area (Å²) in [5.41, 5.74) is -0.877. The number of allylic oxidation sites excluding steroid dienone is 3. The van der Waals surface area contributed by atoms with Crippen molar-refractivity contribution in [3.8, 4) is 5.75 Å². The van der Waals surface area contributed by atoms with Gasteiger partial charge in [-0.05, 0) is 51.1 Å². The van der Waals surface area contributed by atoms with Crippen molar-refractivity contribution in [2.75, 3.05) is 45.2 Å². The number of thioether (sulfide) groups is 1. The van der Waals surface area contributed by atoms with Gasteiger partial charge in [0.05, 0.1) is 25.3 Å². The number of aliphatic hydroxyl groups is 1. The fourth-order valence-corrected chi connectivity index (χ4v) is 7.28. The van der Waals surface area contributed by atoms with E-state index in [4.69, 9.17) is 35.3 Å². The summed E-state index contributed by atoms with van der Waals surface area (Å²) >= 11 is 8.27. The van der Waals surface area contributed by atoms with Crippen molar-refractivity contribution in [1.82, 2.24) is 10.2 Å². The predicted octanol–water partition coefficient (Wildman–Crippen LogP) is 4.27. The molecule has 8 atom stereocenters. The van der Waals surface area contributed by atoms with Gasteiger partial charge in [0.15, 0.2) is 5.72 Å². The molecule has 51 heavy (non-hydrogen) atoms. The van der Waals surface area contributed by atoms with Gasteiger partial charge in [-0.2, -0.15) is 11.8 Å². The number of fused-ring (bicyclic) bond motifs is 5. The normalized spacial score (nSPS) is 30.3. The van der Waals surface area contributed by atoms with Crippen LogP contribution in [-0.4, -0.2) is 116 Å². The molecule has 3 aliphatic heterocycles. The lowest BCUT2D eigenvalue weighted by Gasteiger charge is -2.42. The highest BCUT2D eigenvalue weighted by atomic mass is 35.5. The Morgan fingerprint density at radius 2 is 1.98 bits per heavy atom. The highest BCUT2D eigenvalue weighted by molar-refractivity contribution is 7.98. The number of ether oxygens (including phenoxy) is 5. The van der Waals surface area contributed by atoms with Gasteiger partial charge in [0.25, 0.3) is 0 Å². The predicted molar refractivity (Wildman–Crippen MR) is 194 cm³/mol. The van der Waals surface area contributed by atoms with Crippen LogP contribution in [-0.2, 0) is 39.8 Å². The zero-order chi connectivity index (χ0) is 37.8.